The second-order valence-electron chi connectivity index (χ2n) is 4.38. The van der Waals surface area contributed by atoms with Crippen LogP contribution in [0.4, 0.5) is 0 Å². The Morgan fingerprint density at radius 3 is 2.48 bits per heavy atom. The lowest BCUT2D eigenvalue weighted by molar-refractivity contribution is 0.201. The van der Waals surface area contributed by atoms with Gasteiger partial charge in [-0.25, -0.2) is 13.1 Å². The van der Waals surface area contributed by atoms with Crippen molar-refractivity contribution in [2.24, 2.45) is 0 Å². The van der Waals surface area contributed by atoms with Crippen LogP contribution in [0.2, 0.25) is 0 Å². The van der Waals surface area contributed by atoms with Gasteiger partial charge in [-0.15, -0.1) is 0 Å². The van der Waals surface area contributed by atoms with E-state index in [0.717, 1.165) is 5.76 Å². The van der Waals surface area contributed by atoms with Gasteiger partial charge in [0.15, 0.2) is 0 Å². The van der Waals surface area contributed by atoms with Gasteiger partial charge in [0, 0.05) is 0 Å². The van der Waals surface area contributed by atoms with Crippen molar-refractivity contribution in [3.8, 4) is 5.75 Å². The van der Waals surface area contributed by atoms with Crippen molar-refractivity contribution in [3.05, 3.63) is 47.9 Å². The zero-order valence-corrected chi connectivity index (χ0v) is 12.4. The first kappa shape index (κ1) is 15.6. The van der Waals surface area contributed by atoms with Crippen molar-refractivity contribution in [2.45, 2.75) is 18.4 Å². The number of hydrogen-bond acceptors (Lipinski definition) is 5. The third-order valence-electron chi connectivity index (χ3n) is 2.73. The molecule has 2 aromatic rings. The van der Waals surface area contributed by atoms with E-state index in [1.807, 2.05) is 0 Å². The Kier molecular flexibility index (Phi) is 5.00. The average Bonchev–Trinajstić information content (AvgIpc) is 2.89. The topological polar surface area (TPSA) is 88.8 Å². The van der Waals surface area contributed by atoms with Crippen LogP contribution in [0.1, 0.15) is 11.5 Å². The maximum atomic E-state index is 12.1. The molecule has 21 heavy (non-hydrogen) atoms. The van der Waals surface area contributed by atoms with E-state index >= 15 is 0 Å². The average molecular weight is 311 g/mol. The van der Waals surface area contributed by atoms with E-state index in [9.17, 15) is 8.42 Å². The van der Waals surface area contributed by atoms with Crippen molar-refractivity contribution in [3.63, 3.8) is 0 Å². The molecule has 0 aliphatic heterocycles. The lowest BCUT2D eigenvalue weighted by Gasteiger charge is -2.07. The number of nitrogens with one attached hydrogen (secondary N) is 1. The van der Waals surface area contributed by atoms with Gasteiger partial charge in [0.1, 0.15) is 23.9 Å². The summed E-state index contributed by atoms with van der Waals surface area (Å²) in [6.07, 6.45) is 0. The quantitative estimate of drug-likeness (QED) is 0.807. The first-order valence-electron chi connectivity index (χ1n) is 6.40. The number of hydrogen-bond donors (Lipinski definition) is 2. The lowest BCUT2D eigenvalue weighted by Crippen LogP contribution is -2.22. The Morgan fingerprint density at radius 2 is 1.90 bits per heavy atom. The molecule has 1 aromatic carbocycles. The number of aliphatic hydroxyl groups is 1. The molecule has 0 fully saturated rings. The van der Waals surface area contributed by atoms with Crippen LogP contribution >= 0.6 is 0 Å². The van der Waals surface area contributed by atoms with Gasteiger partial charge in [-0.1, -0.05) is 0 Å². The molecule has 0 aliphatic rings. The van der Waals surface area contributed by atoms with E-state index in [1.165, 1.54) is 12.1 Å². The molecule has 7 heteroatoms. The first-order chi connectivity index (χ1) is 10.0. The normalized spacial score (nSPS) is 11.5. The van der Waals surface area contributed by atoms with Crippen LogP contribution in [-0.4, -0.2) is 26.7 Å². The van der Waals surface area contributed by atoms with E-state index in [1.54, 1.807) is 31.2 Å². The predicted molar refractivity (Wildman–Crippen MR) is 76.5 cm³/mol. The Hall–Kier alpha value is -1.83. The highest BCUT2D eigenvalue weighted by molar-refractivity contribution is 7.89. The van der Waals surface area contributed by atoms with Gasteiger partial charge in [0.05, 0.1) is 18.0 Å². The molecule has 114 valence electrons. The Balaban J connectivity index is 2.01. The SMILES string of the molecule is Cc1ccc(CNS(=O)(=O)c2ccc(OCCO)cc2)o1. The number of ether oxygens (including phenoxy) is 1. The van der Waals surface area contributed by atoms with Gasteiger partial charge in [-0.05, 0) is 43.3 Å². The molecule has 2 N–H and O–H groups in total. The van der Waals surface area contributed by atoms with Crippen molar-refractivity contribution in [1.29, 1.82) is 0 Å². The fourth-order valence-corrected chi connectivity index (χ4v) is 2.70. The minimum atomic E-state index is -3.60. The Labute approximate surface area is 123 Å². The minimum absolute atomic E-state index is 0.0931. The van der Waals surface area contributed by atoms with Gasteiger partial charge in [0.2, 0.25) is 10.0 Å². The number of furan rings is 1. The van der Waals surface area contributed by atoms with Gasteiger partial charge in [-0.3, -0.25) is 0 Å². The van der Waals surface area contributed by atoms with Crippen LogP contribution in [0.15, 0.2) is 45.7 Å². The molecule has 1 heterocycles. The minimum Gasteiger partial charge on any atom is -0.491 e. The van der Waals surface area contributed by atoms with Crippen LogP contribution in [0, 0.1) is 6.92 Å². The van der Waals surface area contributed by atoms with Crippen LogP contribution in [-0.2, 0) is 16.6 Å². The third-order valence-corrected chi connectivity index (χ3v) is 4.14. The first-order valence-corrected chi connectivity index (χ1v) is 7.88. The molecule has 6 nitrogen and oxygen atoms in total. The molecule has 0 unspecified atom stereocenters. The van der Waals surface area contributed by atoms with Crippen molar-refractivity contribution >= 4 is 10.0 Å². The zero-order chi connectivity index (χ0) is 15.3. The van der Waals surface area contributed by atoms with E-state index in [-0.39, 0.29) is 24.7 Å². The van der Waals surface area contributed by atoms with Gasteiger partial charge < -0.3 is 14.3 Å². The second kappa shape index (κ2) is 6.75. The highest BCUT2D eigenvalue weighted by Gasteiger charge is 2.14. The largest absolute Gasteiger partial charge is 0.491 e. The molecule has 0 atom stereocenters. The fourth-order valence-electron chi connectivity index (χ4n) is 1.71. The monoisotopic (exact) mass is 311 g/mol. The maximum absolute atomic E-state index is 12.1. The van der Waals surface area contributed by atoms with E-state index in [0.29, 0.717) is 11.5 Å². The Morgan fingerprint density at radius 1 is 1.19 bits per heavy atom. The molecule has 1 aromatic heterocycles. The summed E-state index contributed by atoms with van der Waals surface area (Å²) < 4.78 is 37.2. The molecule has 0 bridgehead atoms. The van der Waals surface area contributed by atoms with Crippen molar-refractivity contribution < 1.29 is 22.7 Å². The number of benzene rings is 1. The van der Waals surface area contributed by atoms with E-state index in [4.69, 9.17) is 14.3 Å². The van der Waals surface area contributed by atoms with Gasteiger partial charge >= 0.3 is 0 Å². The molecule has 2 rings (SSSR count). The summed E-state index contributed by atoms with van der Waals surface area (Å²) in [4.78, 5) is 0.141. The molecule has 0 aliphatic carbocycles. The molecular formula is C14H17NO5S. The number of aliphatic hydroxyl groups excluding tert-OH is 1. The van der Waals surface area contributed by atoms with E-state index in [2.05, 4.69) is 4.72 Å². The number of rotatable bonds is 7. The fraction of sp³-hybridized carbons (Fsp3) is 0.286. The summed E-state index contributed by atoms with van der Waals surface area (Å²) in [5.74, 6) is 1.79. The lowest BCUT2D eigenvalue weighted by atomic mass is 10.3. The number of sulfonamides is 1. The van der Waals surface area contributed by atoms with Crippen molar-refractivity contribution in [2.75, 3.05) is 13.2 Å². The third kappa shape index (κ3) is 4.32. The maximum Gasteiger partial charge on any atom is 0.240 e. The summed E-state index contributed by atoms with van der Waals surface area (Å²) in [6, 6.07) is 9.48. The Bertz CT molecular complexity index is 676. The highest BCUT2D eigenvalue weighted by atomic mass is 32.2. The summed E-state index contributed by atoms with van der Waals surface area (Å²) in [6.45, 7) is 1.97. The van der Waals surface area contributed by atoms with Crippen LogP contribution in [0.25, 0.3) is 0 Å². The molecule has 0 spiro atoms. The van der Waals surface area contributed by atoms with Crippen molar-refractivity contribution in [1.82, 2.24) is 4.72 Å². The van der Waals surface area contributed by atoms with E-state index < -0.39 is 10.0 Å². The molecule has 0 saturated heterocycles. The van der Waals surface area contributed by atoms with Crippen LogP contribution in [0.3, 0.4) is 0 Å². The highest BCUT2D eigenvalue weighted by Crippen LogP contribution is 2.16. The summed E-state index contributed by atoms with van der Waals surface area (Å²) in [7, 11) is -3.60. The smallest absolute Gasteiger partial charge is 0.240 e. The summed E-state index contributed by atoms with van der Waals surface area (Å²) in [5, 5.41) is 8.65. The standard InChI is InChI=1S/C14H17NO5S/c1-11-2-3-13(20-11)10-15-21(17,18)14-6-4-12(5-7-14)19-9-8-16/h2-7,15-16H,8-10H2,1H3. The molecular weight excluding hydrogens is 294 g/mol. The van der Waals surface area contributed by atoms with Crippen LogP contribution < -0.4 is 9.46 Å². The zero-order valence-electron chi connectivity index (χ0n) is 11.6. The summed E-state index contributed by atoms with van der Waals surface area (Å²) in [5.41, 5.74) is 0. The predicted octanol–water partition coefficient (Wildman–Crippen LogP) is 1.44. The van der Waals surface area contributed by atoms with Gasteiger partial charge in [-0.2, -0.15) is 0 Å². The summed E-state index contributed by atoms with van der Waals surface area (Å²) >= 11 is 0. The molecule has 0 radical (unpaired) electrons. The number of aryl methyl sites for hydroxylation is 1. The second-order valence-corrected chi connectivity index (χ2v) is 6.15. The molecule has 0 saturated carbocycles. The molecule has 0 amide bonds. The van der Waals surface area contributed by atoms with Crippen LogP contribution in [0.5, 0.6) is 5.75 Å². The van der Waals surface area contributed by atoms with Gasteiger partial charge in [0.25, 0.3) is 0 Å².